The van der Waals surface area contributed by atoms with Gasteiger partial charge in [0.2, 0.25) is 5.78 Å². The molecule has 1 aromatic carbocycles. The Kier molecular flexibility index (Phi) is 4.90. The predicted octanol–water partition coefficient (Wildman–Crippen LogP) is 5.47. The highest BCUT2D eigenvalue weighted by atomic mass is 79.9. The molecule has 19 heavy (non-hydrogen) atoms. The Morgan fingerprint density at radius 2 is 2.05 bits per heavy atom. The van der Waals surface area contributed by atoms with Crippen LogP contribution >= 0.6 is 50.5 Å². The number of hydrogen-bond donors (Lipinski definition) is 0. The molecule has 0 aliphatic carbocycles. The van der Waals surface area contributed by atoms with E-state index in [9.17, 15) is 4.79 Å². The van der Waals surface area contributed by atoms with Crippen molar-refractivity contribution in [2.45, 2.75) is 13.0 Å². The lowest BCUT2D eigenvalue weighted by molar-refractivity contribution is 0.0822. The van der Waals surface area contributed by atoms with Crippen LogP contribution in [-0.2, 0) is 0 Å². The molecule has 2 nitrogen and oxygen atoms in total. The minimum absolute atomic E-state index is 0.115. The monoisotopic (exact) mass is 378 g/mol. The van der Waals surface area contributed by atoms with E-state index in [2.05, 4.69) is 15.9 Å². The molecule has 0 aliphatic heterocycles. The minimum atomic E-state index is -0.617. The molecular formula is C13H9BrCl2O2S. The SMILES string of the molecule is CC(Oc1ccc(Br)cc1Cl)C(=O)c1ccc(Cl)s1. The number of ether oxygens (including phenoxy) is 1. The van der Waals surface area contributed by atoms with Crippen molar-refractivity contribution < 1.29 is 9.53 Å². The van der Waals surface area contributed by atoms with Gasteiger partial charge >= 0.3 is 0 Å². The summed E-state index contributed by atoms with van der Waals surface area (Å²) in [7, 11) is 0. The molecule has 1 atom stereocenters. The number of benzene rings is 1. The van der Waals surface area contributed by atoms with Gasteiger partial charge in [-0.3, -0.25) is 4.79 Å². The first-order valence-electron chi connectivity index (χ1n) is 5.38. The van der Waals surface area contributed by atoms with Crippen LogP contribution in [0.5, 0.6) is 5.75 Å². The highest BCUT2D eigenvalue weighted by Gasteiger charge is 2.19. The summed E-state index contributed by atoms with van der Waals surface area (Å²) in [6.07, 6.45) is -0.617. The van der Waals surface area contributed by atoms with Crippen molar-refractivity contribution in [3.8, 4) is 5.75 Å². The Labute approximate surface area is 133 Å². The van der Waals surface area contributed by atoms with Crippen LogP contribution in [0.2, 0.25) is 9.36 Å². The second-order valence-electron chi connectivity index (χ2n) is 3.80. The molecule has 6 heteroatoms. The van der Waals surface area contributed by atoms with Crippen LogP contribution in [0.4, 0.5) is 0 Å². The summed E-state index contributed by atoms with van der Waals surface area (Å²) in [4.78, 5) is 12.7. The molecule has 0 radical (unpaired) electrons. The van der Waals surface area contributed by atoms with E-state index in [1.165, 1.54) is 11.3 Å². The first-order valence-corrected chi connectivity index (χ1v) is 7.75. The van der Waals surface area contributed by atoms with Crippen LogP contribution in [0.15, 0.2) is 34.8 Å². The smallest absolute Gasteiger partial charge is 0.212 e. The summed E-state index contributed by atoms with van der Waals surface area (Å²) in [5.41, 5.74) is 0. The largest absolute Gasteiger partial charge is 0.481 e. The van der Waals surface area contributed by atoms with Gasteiger partial charge in [0.25, 0.3) is 0 Å². The Morgan fingerprint density at radius 1 is 1.32 bits per heavy atom. The molecule has 0 saturated heterocycles. The Hall–Kier alpha value is -0.550. The van der Waals surface area contributed by atoms with Crippen LogP contribution in [-0.4, -0.2) is 11.9 Å². The summed E-state index contributed by atoms with van der Waals surface area (Å²) in [5, 5.41) is 0.457. The predicted molar refractivity (Wildman–Crippen MR) is 82.9 cm³/mol. The zero-order chi connectivity index (χ0) is 14.0. The summed E-state index contributed by atoms with van der Waals surface area (Å²) in [6.45, 7) is 1.69. The van der Waals surface area contributed by atoms with Crippen molar-refractivity contribution in [2.24, 2.45) is 0 Å². The van der Waals surface area contributed by atoms with Crippen molar-refractivity contribution in [2.75, 3.05) is 0 Å². The first kappa shape index (κ1) is 14.9. The third-order valence-corrected chi connectivity index (χ3v) is 4.42. The van der Waals surface area contributed by atoms with Gasteiger partial charge in [-0.05, 0) is 37.3 Å². The molecule has 100 valence electrons. The summed E-state index contributed by atoms with van der Waals surface area (Å²) in [6, 6.07) is 8.63. The molecule has 2 rings (SSSR count). The fourth-order valence-electron chi connectivity index (χ4n) is 1.46. The van der Waals surface area contributed by atoms with E-state index in [0.717, 1.165) is 4.47 Å². The number of Topliss-reactive ketones (excluding diaryl/α,β-unsaturated/α-hetero) is 1. The molecule has 0 fully saturated rings. The Bertz CT molecular complexity index is 612. The number of carbonyl (C=O) groups is 1. The number of halogens is 3. The second-order valence-corrected chi connectivity index (χ2v) is 6.84. The van der Waals surface area contributed by atoms with Crippen molar-refractivity contribution in [1.82, 2.24) is 0 Å². The molecule has 0 aliphatic rings. The quantitative estimate of drug-likeness (QED) is 0.658. The standard InChI is InChI=1S/C13H9BrCl2O2S/c1-7(13(17)11-4-5-12(16)19-11)18-10-3-2-8(14)6-9(10)15/h2-7H,1H3. The molecule has 1 unspecified atom stereocenters. The molecule has 0 saturated carbocycles. The number of thiophene rings is 1. The second kappa shape index (κ2) is 6.27. The molecule has 1 heterocycles. The molecule has 0 bridgehead atoms. The molecule has 2 aromatic rings. The van der Waals surface area contributed by atoms with E-state index >= 15 is 0 Å². The third-order valence-electron chi connectivity index (χ3n) is 2.38. The first-order chi connectivity index (χ1) is 8.97. The van der Waals surface area contributed by atoms with E-state index < -0.39 is 6.10 Å². The number of rotatable bonds is 4. The number of hydrogen-bond acceptors (Lipinski definition) is 3. The summed E-state index contributed by atoms with van der Waals surface area (Å²) in [5.74, 6) is 0.365. The Balaban J connectivity index is 2.12. The third kappa shape index (κ3) is 3.72. The number of ketones is 1. The maximum Gasteiger partial charge on any atom is 0.212 e. The zero-order valence-electron chi connectivity index (χ0n) is 9.82. The van der Waals surface area contributed by atoms with Gasteiger partial charge in [0.15, 0.2) is 6.10 Å². The van der Waals surface area contributed by atoms with Crippen LogP contribution in [0.1, 0.15) is 16.6 Å². The maximum atomic E-state index is 12.1. The van der Waals surface area contributed by atoms with Gasteiger partial charge in [-0.1, -0.05) is 39.1 Å². The lowest BCUT2D eigenvalue weighted by atomic mass is 10.2. The van der Waals surface area contributed by atoms with Crippen LogP contribution in [0.25, 0.3) is 0 Å². The van der Waals surface area contributed by atoms with Gasteiger partial charge < -0.3 is 4.74 Å². The summed E-state index contributed by atoms with van der Waals surface area (Å²) >= 11 is 16.4. The topological polar surface area (TPSA) is 26.3 Å². The van der Waals surface area contributed by atoms with Crippen LogP contribution in [0.3, 0.4) is 0 Å². The maximum absolute atomic E-state index is 12.1. The molecule has 1 aromatic heterocycles. The van der Waals surface area contributed by atoms with Gasteiger partial charge in [-0.25, -0.2) is 0 Å². The average Bonchev–Trinajstić information content (AvgIpc) is 2.78. The van der Waals surface area contributed by atoms with Gasteiger partial charge in [-0.2, -0.15) is 0 Å². The molecular weight excluding hydrogens is 371 g/mol. The van der Waals surface area contributed by atoms with E-state index in [-0.39, 0.29) is 5.78 Å². The van der Waals surface area contributed by atoms with Crippen LogP contribution in [0, 0.1) is 0 Å². The lowest BCUT2D eigenvalue weighted by Gasteiger charge is -2.14. The van der Waals surface area contributed by atoms with Gasteiger partial charge in [-0.15, -0.1) is 11.3 Å². The normalized spacial score (nSPS) is 12.2. The van der Waals surface area contributed by atoms with E-state index in [0.29, 0.717) is 20.0 Å². The number of carbonyl (C=O) groups excluding carboxylic acids is 1. The van der Waals surface area contributed by atoms with E-state index in [1.807, 2.05) is 0 Å². The zero-order valence-corrected chi connectivity index (χ0v) is 13.7. The van der Waals surface area contributed by atoms with E-state index in [1.54, 1.807) is 37.3 Å². The fourth-order valence-corrected chi connectivity index (χ4v) is 3.24. The average molecular weight is 380 g/mol. The minimum Gasteiger partial charge on any atom is -0.481 e. The van der Waals surface area contributed by atoms with Gasteiger partial charge in [0, 0.05) is 4.47 Å². The van der Waals surface area contributed by atoms with Crippen molar-refractivity contribution in [3.63, 3.8) is 0 Å². The molecule has 0 N–H and O–H groups in total. The van der Waals surface area contributed by atoms with Crippen molar-refractivity contribution in [1.29, 1.82) is 0 Å². The van der Waals surface area contributed by atoms with Gasteiger partial charge in [0.05, 0.1) is 14.2 Å². The molecule has 0 spiro atoms. The highest BCUT2D eigenvalue weighted by Crippen LogP contribution is 2.29. The van der Waals surface area contributed by atoms with Crippen molar-refractivity contribution in [3.05, 3.63) is 49.0 Å². The van der Waals surface area contributed by atoms with E-state index in [4.69, 9.17) is 27.9 Å². The Morgan fingerprint density at radius 3 is 2.63 bits per heavy atom. The fraction of sp³-hybridized carbons (Fsp3) is 0.154. The van der Waals surface area contributed by atoms with Crippen LogP contribution < -0.4 is 4.74 Å². The molecule has 0 amide bonds. The highest BCUT2D eigenvalue weighted by molar-refractivity contribution is 9.10. The summed E-state index contributed by atoms with van der Waals surface area (Å²) < 4.78 is 7.02. The van der Waals surface area contributed by atoms with Crippen molar-refractivity contribution >= 4 is 56.3 Å². The van der Waals surface area contributed by atoms with Gasteiger partial charge in [0.1, 0.15) is 5.75 Å². The lowest BCUT2D eigenvalue weighted by Crippen LogP contribution is -2.23.